The Bertz CT molecular complexity index is 301. The van der Waals surface area contributed by atoms with Gasteiger partial charge in [0.25, 0.3) is 0 Å². The molecule has 0 aliphatic carbocycles. The monoisotopic (exact) mass is 320 g/mol. The quantitative estimate of drug-likeness (QED) is 0.250. The SMILES string of the molecule is CCCCOP(=O)(CCCCC(C)(C)C=O)OCCCC. The molecule has 0 saturated carbocycles. The summed E-state index contributed by atoms with van der Waals surface area (Å²) in [5.74, 6) is 0. The Hall–Kier alpha value is -0.180. The summed E-state index contributed by atoms with van der Waals surface area (Å²) in [6.45, 7) is 9.01. The molecule has 0 aromatic carbocycles. The van der Waals surface area contributed by atoms with Crippen molar-refractivity contribution in [3.63, 3.8) is 0 Å². The standard InChI is InChI=1S/C16H33O4P/c1-5-7-12-19-21(18,20-13-8-6-2)14-10-9-11-16(3,4)15-17/h15H,5-14H2,1-4H3. The Balaban J connectivity index is 4.19. The molecule has 21 heavy (non-hydrogen) atoms. The van der Waals surface area contributed by atoms with Gasteiger partial charge in [0, 0.05) is 5.41 Å². The van der Waals surface area contributed by atoms with Gasteiger partial charge in [-0.1, -0.05) is 47.0 Å². The largest absolute Gasteiger partial charge is 0.330 e. The Morgan fingerprint density at radius 1 is 0.952 bits per heavy atom. The lowest BCUT2D eigenvalue weighted by atomic mass is 9.89. The van der Waals surface area contributed by atoms with E-state index < -0.39 is 7.60 Å². The van der Waals surface area contributed by atoms with Gasteiger partial charge < -0.3 is 13.8 Å². The summed E-state index contributed by atoms with van der Waals surface area (Å²) in [6.07, 6.45) is 7.72. The Labute approximate surface area is 130 Å². The fourth-order valence-corrected chi connectivity index (χ4v) is 3.57. The number of rotatable bonds is 14. The third-order valence-corrected chi connectivity index (χ3v) is 5.41. The van der Waals surface area contributed by atoms with E-state index in [1.165, 1.54) is 0 Å². The number of unbranched alkanes of at least 4 members (excludes halogenated alkanes) is 3. The zero-order valence-corrected chi connectivity index (χ0v) is 15.1. The molecule has 0 N–H and O–H groups in total. The van der Waals surface area contributed by atoms with Crippen molar-refractivity contribution in [2.45, 2.75) is 72.6 Å². The molecule has 4 nitrogen and oxygen atoms in total. The number of hydrogen-bond acceptors (Lipinski definition) is 4. The van der Waals surface area contributed by atoms with Crippen LogP contribution in [0.2, 0.25) is 0 Å². The average Bonchev–Trinajstić information content (AvgIpc) is 2.44. The minimum Gasteiger partial charge on any atom is -0.309 e. The third kappa shape index (κ3) is 11.1. The molecule has 0 saturated heterocycles. The highest BCUT2D eigenvalue weighted by atomic mass is 31.2. The molecule has 0 aromatic rings. The molecule has 5 heteroatoms. The van der Waals surface area contributed by atoms with Crippen LogP contribution in [0.4, 0.5) is 0 Å². The van der Waals surface area contributed by atoms with Gasteiger partial charge in [0.05, 0.1) is 19.4 Å². The summed E-state index contributed by atoms with van der Waals surface area (Å²) in [5, 5.41) is 0. The van der Waals surface area contributed by atoms with Crippen molar-refractivity contribution in [2.75, 3.05) is 19.4 Å². The van der Waals surface area contributed by atoms with Gasteiger partial charge in [0.15, 0.2) is 0 Å². The van der Waals surface area contributed by atoms with Crippen LogP contribution < -0.4 is 0 Å². The fourth-order valence-electron chi connectivity index (χ4n) is 1.81. The van der Waals surface area contributed by atoms with Gasteiger partial charge in [-0.25, -0.2) is 0 Å². The molecule has 0 fully saturated rings. The van der Waals surface area contributed by atoms with Crippen LogP contribution in [-0.4, -0.2) is 25.7 Å². The Morgan fingerprint density at radius 3 is 1.90 bits per heavy atom. The van der Waals surface area contributed by atoms with E-state index in [0.29, 0.717) is 19.4 Å². The number of hydrogen-bond donors (Lipinski definition) is 0. The molecule has 0 aliphatic heterocycles. The van der Waals surface area contributed by atoms with E-state index in [0.717, 1.165) is 51.2 Å². The third-order valence-electron chi connectivity index (χ3n) is 3.39. The van der Waals surface area contributed by atoms with Crippen molar-refractivity contribution < 1.29 is 18.4 Å². The zero-order chi connectivity index (χ0) is 16.2. The zero-order valence-electron chi connectivity index (χ0n) is 14.2. The van der Waals surface area contributed by atoms with Crippen molar-refractivity contribution in [3.05, 3.63) is 0 Å². The molecule has 0 bridgehead atoms. The molecule has 0 aliphatic rings. The number of carbonyl (C=O) groups is 1. The molecule has 0 aromatic heterocycles. The predicted octanol–water partition coefficient (Wildman–Crippen LogP) is 5.21. The first-order valence-corrected chi connectivity index (χ1v) is 9.96. The lowest BCUT2D eigenvalue weighted by molar-refractivity contribution is -0.115. The summed E-state index contributed by atoms with van der Waals surface area (Å²) in [6, 6.07) is 0. The number of aldehydes is 1. The highest BCUT2D eigenvalue weighted by molar-refractivity contribution is 7.53. The lowest BCUT2D eigenvalue weighted by Gasteiger charge is -2.20. The summed E-state index contributed by atoms with van der Waals surface area (Å²) < 4.78 is 23.7. The first-order valence-electron chi connectivity index (χ1n) is 8.23. The highest BCUT2D eigenvalue weighted by Gasteiger charge is 2.24. The van der Waals surface area contributed by atoms with Gasteiger partial charge in [-0.15, -0.1) is 0 Å². The maximum absolute atomic E-state index is 12.6. The van der Waals surface area contributed by atoms with Crippen LogP contribution in [0.1, 0.15) is 72.6 Å². The van der Waals surface area contributed by atoms with Crippen LogP contribution in [0.3, 0.4) is 0 Å². The van der Waals surface area contributed by atoms with E-state index in [2.05, 4.69) is 13.8 Å². The minimum atomic E-state index is -2.96. The smallest absolute Gasteiger partial charge is 0.309 e. The van der Waals surface area contributed by atoms with Crippen molar-refractivity contribution in [2.24, 2.45) is 5.41 Å². The highest BCUT2D eigenvalue weighted by Crippen LogP contribution is 2.49. The summed E-state index contributed by atoms with van der Waals surface area (Å²) in [5.41, 5.74) is -0.296. The van der Waals surface area contributed by atoms with Crippen LogP contribution in [-0.2, 0) is 18.4 Å². The van der Waals surface area contributed by atoms with Gasteiger partial charge in [-0.2, -0.15) is 0 Å². The van der Waals surface area contributed by atoms with Crippen LogP contribution >= 0.6 is 7.60 Å². The lowest BCUT2D eigenvalue weighted by Crippen LogP contribution is -2.12. The molecular formula is C16H33O4P. The normalized spacial score (nSPS) is 12.6. The molecule has 0 atom stereocenters. The van der Waals surface area contributed by atoms with E-state index in [-0.39, 0.29) is 5.41 Å². The first-order chi connectivity index (χ1) is 9.89. The predicted molar refractivity (Wildman–Crippen MR) is 87.9 cm³/mol. The molecule has 0 unspecified atom stereocenters. The summed E-state index contributed by atoms with van der Waals surface area (Å²) in [7, 11) is -2.96. The molecular weight excluding hydrogens is 287 g/mol. The molecule has 0 heterocycles. The van der Waals surface area contributed by atoms with Crippen molar-refractivity contribution in [1.29, 1.82) is 0 Å². The van der Waals surface area contributed by atoms with Crippen LogP contribution in [0, 0.1) is 5.41 Å². The summed E-state index contributed by atoms with van der Waals surface area (Å²) >= 11 is 0. The second-order valence-corrected chi connectivity index (χ2v) is 8.46. The van der Waals surface area contributed by atoms with Gasteiger partial charge >= 0.3 is 7.60 Å². The maximum atomic E-state index is 12.6. The van der Waals surface area contributed by atoms with Crippen molar-refractivity contribution in [1.82, 2.24) is 0 Å². The van der Waals surface area contributed by atoms with Crippen molar-refractivity contribution in [3.8, 4) is 0 Å². The van der Waals surface area contributed by atoms with E-state index in [1.54, 1.807) is 0 Å². The minimum absolute atomic E-state index is 0.296. The first kappa shape index (κ1) is 20.8. The second kappa shape index (κ2) is 11.4. The van der Waals surface area contributed by atoms with Gasteiger partial charge in [0.2, 0.25) is 0 Å². The molecule has 126 valence electrons. The molecule has 0 spiro atoms. The van der Waals surface area contributed by atoms with E-state index in [9.17, 15) is 9.36 Å². The van der Waals surface area contributed by atoms with Gasteiger partial charge in [-0.3, -0.25) is 4.57 Å². The van der Waals surface area contributed by atoms with E-state index in [4.69, 9.17) is 9.05 Å². The van der Waals surface area contributed by atoms with Crippen molar-refractivity contribution >= 4 is 13.9 Å². The number of carbonyl (C=O) groups excluding carboxylic acids is 1. The average molecular weight is 320 g/mol. The van der Waals surface area contributed by atoms with Crippen LogP contribution in [0.5, 0.6) is 0 Å². The second-order valence-electron chi connectivity index (χ2n) is 6.27. The topological polar surface area (TPSA) is 52.6 Å². The maximum Gasteiger partial charge on any atom is 0.330 e. The van der Waals surface area contributed by atoms with E-state index >= 15 is 0 Å². The Kier molecular flexibility index (Phi) is 11.3. The van der Waals surface area contributed by atoms with Gasteiger partial charge in [0.1, 0.15) is 6.29 Å². The van der Waals surface area contributed by atoms with Crippen LogP contribution in [0.25, 0.3) is 0 Å². The van der Waals surface area contributed by atoms with Gasteiger partial charge in [-0.05, 0) is 25.7 Å². The molecule has 0 amide bonds. The Morgan fingerprint density at radius 2 is 1.48 bits per heavy atom. The molecule has 0 radical (unpaired) electrons. The van der Waals surface area contributed by atoms with Crippen LogP contribution in [0.15, 0.2) is 0 Å². The summed E-state index contributed by atoms with van der Waals surface area (Å²) in [4.78, 5) is 10.9. The van der Waals surface area contributed by atoms with E-state index in [1.807, 2.05) is 13.8 Å². The molecule has 0 rings (SSSR count). The fraction of sp³-hybridized carbons (Fsp3) is 0.938.